The summed E-state index contributed by atoms with van der Waals surface area (Å²) in [6.07, 6.45) is 4.46. The van der Waals surface area contributed by atoms with Gasteiger partial charge in [-0.25, -0.2) is 4.79 Å². The van der Waals surface area contributed by atoms with Gasteiger partial charge in [-0.05, 0) is 31.0 Å². The van der Waals surface area contributed by atoms with Crippen LogP contribution in [0.5, 0.6) is 0 Å². The topological polar surface area (TPSA) is 26.3 Å². The second-order valence-electron chi connectivity index (χ2n) is 4.55. The quantitative estimate of drug-likeness (QED) is 0.524. The molecule has 0 aromatic heterocycles. The number of hydrogen-bond donors (Lipinski definition) is 0. The fourth-order valence-corrected chi connectivity index (χ4v) is 1.67. The van der Waals surface area contributed by atoms with Gasteiger partial charge in [-0.1, -0.05) is 50.5 Å². The van der Waals surface area contributed by atoms with Crippen LogP contribution in [-0.2, 0) is 4.74 Å². The lowest BCUT2D eigenvalue weighted by Crippen LogP contribution is -2.06. The van der Waals surface area contributed by atoms with Crippen LogP contribution in [0.4, 0.5) is 0 Å². The summed E-state index contributed by atoms with van der Waals surface area (Å²) >= 11 is 0. The smallest absolute Gasteiger partial charge is 0.338 e. The Kier molecular flexibility index (Phi) is 6.20. The maximum atomic E-state index is 11.7. The van der Waals surface area contributed by atoms with Crippen molar-refractivity contribution in [2.45, 2.75) is 39.5 Å². The van der Waals surface area contributed by atoms with Gasteiger partial charge < -0.3 is 4.74 Å². The van der Waals surface area contributed by atoms with E-state index in [1.807, 2.05) is 19.1 Å². The first-order valence-corrected chi connectivity index (χ1v) is 6.58. The SMILES string of the molecule is C=C(C)c1ccc(C(=O)OCCCCCC)cc1. The number of rotatable bonds is 7. The second kappa shape index (κ2) is 7.70. The second-order valence-corrected chi connectivity index (χ2v) is 4.55. The number of carbonyl (C=O) groups excluding carboxylic acids is 1. The minimum atomic E-state index is -0.236. The number of benzene rings is 1. The molecular formula is C16H22O2. The number of ether oxygens (including phenoxy) is 1. The molecule has 0 fully saturated rings. The van der Waals surface area contributed by atoms with Crippen molar-refractivity contribution < 1.29 is 9.53 Å². The Balaban J connectivity index is 2.39. The van der Waals surface area contributed by atoms with Crippen molar-refractivity contribution >= 4 is 11.5 Å². The zero-order chi connectivity index (χ0) is 13.4. The van der Waals surface area contributed by atoms with E-state index in [-0.39, 0.29) is 5.97 Å². The first-order chi connectivity index (χ1) is 8.65. The molecule has 0 aliphatic carbocycles. The van der Waals surface area contributed by atoms with E-state index in [0.29, 0.717) is 12.2 Å². The van der Waals surface area contributed by atoms with Gasteiger partial charge in [0, 0.05) is 0 Å². The zero-order valence-electron chi connectivity index (χ0n) is 11.4. The predicted octanol–water partition coefficient (Wildman–Crippen LogP) is 4.46. The van der Waals surface area contributed by atoms with E-state index in [1.165, 1.54) is 12.8 Å². The van der Waals surface area contributed by atoms with E-state index < -0.39 is 0 Å². The Morgan fingerprint density at radius 1 is 1.11 bits per heavy atom. The van der Waals surface area contributed by atoms with Gasteiger partial charge in [0.05, 0.1) is 12.2 Å². The standard InChI is InChI=1S/C16H22O2/c1-4-5-6-7-12-18-16(17)15-10-8-14(9-11-15)13(2)3/h8-11H,2,4-7,12H2,1,3H3. The largest absolute Gasteiger partial charge is 0.462 e. The van der Waals surface area contributed by atoms with Crippen LogP contribution >= 0.6 is 0 Å². The van der Waals surface area contributed by atoms with Gasteiger partial charge in [0.2, 0.25) is 0 Å². The van der Waals surface area contributed by atoms with Gasteiger partial charge in [0.15, 0.2) is 0 Å². The number of unbranched alkanes of at least 4 members (excludes halogenated alkanes) is 3. The van der Waals surface area contributed by atoms with Gasteiger partial charge in [0.1, 0.15) is 0 Å². The van der Waals surface area contributed by atoms with Crippen molar-refractivity contribution in [3.05, 3.63) is 42.0 Å². The summed E-state index contributed by atoms with van der Waals surface area (Å²) in [4.78, 5) is 11.7. The van der Waals surface area contributed by atoms with E-state index >= 15 is 0 Å². The van der Waals surface area contributed by atoms with Crippen molar-refractivity contribution in [1.29, 1.82) is 0 Å². The molecule has 0 bridgehead atoms. The van der Waals surface area contributed by atoms with Crippen molar-refractivity contribution in [3.63, 3.8) is 0 Å². The number of esters is 1. The van der Waals surface area contributed by atoms with Crippen molar-refractivity contribution in [1.82, 2.24) is 0 Å². The molecular weight excluding hydrogens is 224 g/mol. The van der Waals surface area contributed by atoms with Gasteiger partial charge in [-0.2, -0.15) is 0 Å². The molecule has 1 aromatic carbocycles. The molecule has 0 aliphatic heterocycles. The molecule has 2 nitrogen and oxygen atoms in total. The minimum absolute atomic E-state index is 0.236. The summed E-state index contributed by atoms with van der Waals surface area (Å²) in [6, 6.07) is 7.38. The van der Waals surface area contributed by atoms with Crippen LogP contribution in [0.25, 0.3) is 5.57 Å². The molecule has 1 aromatic rings. The third-order valence-corrected chi connectivity index (χ3v) is 2.84. The average Bonchev–Trinajstić information content (AvgIpc) is 2.38. The summed E-state index contributed by atoms with van der Waals surface area (Å²) in [5.41, 5.74) is 2.65. The lowest BCUT2D eigenvalue weighted by atomic mass is 10.1. The molecule has 0 spiro atoms. The fourth-order valence-electron chi connectivity index (χ4n) is 1.67. The summed E-state index contributed by atoms with van der Waals surface area (Å²) in [5.74, 6) is -0.236. The third kappa shape index (κ3) is 4.74. The van der Waals surface area contributed by atoms with Crippen LogP contribution in [0.2, 0.25) is 0 Å². The van der Waals surface area contributed by atoms with Gasteiger partial charge in [-0.15, -0.1) is 0 Å². The van der Waals surface area contributed by atoms with Gasteiger partial charge in [-0.3, -0.25) is 0 Å². The monoisotopic (exact) mass is 246 g/mol. The van der Waals surface area contributed by atoms with E-state index in [0.717, 1.165) is 24.0 Å². The minimum Gasteiger partial charge on any atom is -0.462 e. The van der Waals surface area contributed by atoms with Gasteiger partial charge >= 0.3 is 5.97 Å². The molecule has 0 saturated heterocycles. The Hall–Kier alpha value is -1.57. The first kappa shape index (κ1) is 14.5. The normalized spacial score (nSPS) is 10.1. The molecule has 0 atom stereocenters. The Labute approximate surface area is 110 Å². The molecule has 18 heavy (non-hydrogen) atoms. The van der Waals surface area contributed by atoms with Crippen molar-refractivity contribution in [2.75, 3.05) is 6.61 Å². The highest BCUT2D eigenvalue weighted by Crippen LogP contribution is 2.13. The number of carbonyl (C=O) groups is 1. The van der Waals surface area contributed by atoms with Crippen molar-refractivity contribution in [2.24, 2.45) is 0 Å². The molecule has 98 valence electrons. The van der Waals surface area contributed by atoms with Crippen molar-refractivity contribution in [3.8, 4) is 0 Å². The summed E-state index contributed by atoms with van der Waals surface area (Å²) < 4.78 is 5.21. The highest BCUT2D eigenvalue weighted by Gasteiger charge is 2.06. The van der Waals surface area contributed by atoms with Crippen LogP contribution in [0.3, 0.4) is 0 Å². The molecule has 0 saturated carbocycles. The average molecular weight is 246 g/mol. The number of allylic oxidation sites excluding steroid dienone is 1. The van der Waals surface area contributed by atoms with Crippen LogP contribution in [0, 0.1) is 0 Å². The van der Waals surface area contributed by atoms with Crippen LogP contribution < -0.4 is 0 Å². The first-order valence-electron chi connectivity index (χ1n) is 6.58. The van der Waals surface area contributed by atoms with Gasteiger partial charge in [0.25, 0.3) is 0 Å². The van der Waals surface area contributed by atoms with Crippen LogP contribution in [0.1, 0.15) is 55.5 Å². The van der Waals surface area contributed by atoms with E-state index in [9.17, 15) is 4.79 Å². The maximum Gasteiger partial charge on any atom is 0.338 e. The Bertz CT molecular complexity index is 390. The Morgan fingerprint density at radius 3 is 2.28 bits per heavy atom. The lowest BCUT2D eigenvalue weighted by Gasteiger charge is -2.05. The summed E-state index contributed by atoms with van der Waals surface area (Å²) in [7, 11) is 0. The van der Waals surface area contributed by atoms with E-state index in [1.54, 1.807) is 12.1 Å². The predicted molar refractivity (Wildman–Crippen MR) is 75.6 cm³/mol. The highest BCUT2D eigenvalue weighted by atomic mass is 16.5. The highest BCUT2D eigenvalue weighted by molar-refractivity contribution is 5.89. The van der Waals surface area contributed by atoms with Crippen LogP contribution in [0.15, 0.2) is 30.8 Å². The number of hydrogen-bond acceptors (Lipinski definition) is 2. The van der Waals surface area contributed by atoms with E-state index in [4.69, 9.17) is 4.74 Å². The summed E-state index contributed by atoms with van der Waals surface area (Å²) in [5, 5.41) is 0. The maximum absolute atomic E-state index is 11.7. The van der Waals surface area contributed by atoms with E-state index in [2.05, 4.69) is 13.5 Å². The van der Waals surface area contributed by atoms with Crippen LogP contribution in [-0.4, -0.2) is 12.6 Å². The molecule has 0 radical (unpaired) electrons. The molecule has 0 amide bonds. The molecule has 1 rings (SSSR count). The molecule has 2 heteroatoms. The molecule has 0 unspecified atom stereocenters. The Morgan fingerprint density at radius 2 is 1.72 bits per heavy atom. The molecule has 0 N–H and O–H groups in total. The molecule has 0 heterocycles. The summed E-state index contributed by atoms with van der Waals surface area (Å²) in [6.45, 7) is 8.48. The zero-order valence-corrected chi connectivity index (χ0v) is 11.4. The molecule has 0 aliphatic rings. The fraction of sp³-hybridized carbons (Fsp3) is 0.438. The third-order valence-electron chi connectivity index (χ3n) is 2.84. The lowest BCUT2D eigenvalue weighted by molar-refractivity contribution is 0.0498.